The molecule has 0 bridgehead atoms. The van der Waals surface area contributed by atoms with Crippen LogP contribution in [-0.4, -0.2) is 56.5 Å². The maximum Gasteiger partial charge on any atom is 0.419 e. The standard InChI is InChI=1S/C35H43Br2N3O6/c1-10-21(2)30(31(41)44-9)38(19-26-28(36)22-15-11-13-17-24(22)39(26)32(42)45-34(3,4)5)20-27-29(37)23-16-12-14-18-25(23)40(27)33(43)46-35(6,7)8/h11-18,21,30H,10,19-20H2,1-9H3/t21?,30-/m0/s1. The second-order valence-corrected chi connectivity index (χ2v) is 15.0. The fourth-order valence-corrected chi connectivity index (χ4v) is 6.82. The number of rotatable bonds is 8. The Morgan fingerprint density at radius 3 is 1.50 bits per heavy atom. The number of carbonyl (C=O) groups is 3. The van der Waals surface area contributed by atoms with Gasteiger partial charge in [0, 0.05) is 32.8 Å². The average molecular weight is 762 g/mol. The minimum atomic E-state index is -0.740. The van der Waals surface area contributed by atoms with Gasteiger partial charge in [0.25, 0.3) is 0 Å². The summed E-state index contributed by atoms with van der Waals surface area (Å²) in [7, 11) is 1.37. The maximum atomic E-state index is 13.8. The lowest BCUT2D eigenvalue weighted by atomic mass is 9.97. The van der Waals surface area contributed by atoms with Crippen LogP contribution in [-0.2, 0) is 32.1 Å². The highest BCUT2D eigenvalue weighted by molar-refractivity contribution is 9.11. The first kappa shape index (κ1) is 35.7. The van der Waals surface area contributed by atoms with E-state index in [-0.39, 0.29) is 19.0 Å². The van der Waals surface area contributed by atoms with Gasteiger partial charge < -0.3 is 14.2 Å². The van der Waals surface area contributed by atoms with Crippen LogP contribution in [0.2, 0.25) is 0 Å². The van der Waals surface area contributed by atoms with Crippen LogP contribution in [0.1, 0.15) is 73.2 Å². The molecule has 0 N–H and O–H groups in total. The van der Waals surface area contributed by atoms with Gasteiger partial charge in [-0.2, -0.15) is 0 Å². The van der Waals surface area contributed by atoms with E-state index in [9.17, 15) is 14.4 Å². The molecule has 0 aliphatic carbocycles. The van der Waals surface area contributed by atoms with Crippen LogP contribution in [0.3, 0.4) is 0 Å². The van der Waals surface area contributed by atoms with Crippen molar-refractivity contribution < 1.29 is 28.6 Å². The van der Waals surface area contributed by atoms with Crippen LogP contribution in [0.5, 0.6) is 0 Å². The van der Waals surface area contributed by atoms with E-state index in [0.29, 0.717) is 37.8 Å². The molecule has 0 radical (unpaired) electrons. The van der Waals surface area contributed by atoms with E-state index in [1.54, 1.807) is 9.13 Å². The molecule has 2 aromatic carbocycles. The van der Waals surface area contributed by atoms with Crippen LogP contribution in [0, 0.1) is 5.92 Å². The zero-order chi connectivity index (χ0) is 34.1. The number of nitrogens with zero attached hydrogens (tertiary/aromatic N) is 3. The summed E-state index contributed by atoms with van der Waals surface area (Å²) in [5, 5.41) is 1.65. The van der Waals surface area contributed by atoms with Crippen LogP contribution in [0.25, 0.3) is 21.8 Å². The molecule has 1 unspecified atom stereocenters. The molecule has 11 heteroatoms. The van der Waals surface area contributed by atoms with Crippen molar-refractivity contribution >= 4 is 71.8 Å². The highest BCUT2D eigenvalue weighted by Crippen LogP contribution is 2.37. The van der Waals surface area contributed by atoms with Gasteiger partial charge in [-0.15, -0.1) is 0 Å². The molecule has 0 aliphatic heterocycles. The first-order valence-corrected chi connectivity index (χ1v) is 16.9. The van der Waals surface area contributed by atoms with Crippen LogP contribution < -0.4 is 0 Å². The van der Waals surface area contributed by atoms with Crippen LogP contribution in [0.4, 0.5) is 9.59 Å². The SMILES string of the molecule is CCC(C)[C@@H](C(=O)OC)N(Cc1c(Br)c2ccccc2n1C(=O)OC(C)(C)C)Cc1c(Br)c2ccccc2n1C(=O)OC(C)(C)C. The molecule has 4 aromatic rings. The van der Waals surface area contributed by atoms with Gasteiger partial charge in [-0.05, 0) is 91.5 Å². The Morgan fingerprint density at radius 2 is 1.15 bits per heavy atom. The number of para-hydroxylation sites is 2. The third kappa shape index (κ3) is 7.52. The molecule has 248 valence electrons. The lowest BCUT2D eigenvalue weighted by Crippen LogP contribution is -2.46. The van der Waals surface area contributed by atoms with E-state index in [1.165, 1.54) is 7.11 Å². The van der Waals surface area contributed by atoms with Gasteiger partial charge in [-0.25, -0.2) is 18.7 Å². The lowest BCUT2D eigenvalue weighted by Gasteiger charge is -2.34. The number of hydrogen-bond acceptors (Lipinski definition) is 7. The zero-order valence-corrected chi connectivity index (χ0v) is 31.1. The van der Waals surface area contributed by atoms with Gasteiger partial charge in [0.1, 0.15) is 17.2 Å². The summed E-state index contributed by atoms with van der Waals surface area (Å²) in [6, 6.07) is 14.4. The van der Waals surface area contributed by atoms with E-state index in [4.69, 9.17) is 14.2 Å². The summed E-state index contributed by atoms with van der Waals surface area (Å²) in [4.78, 5) is 43.1. The van der Waals surface area contributed by atoms with Gasteiger partial charge >= 0.3 is 18.2 Å². The highest BCUT2D eigenvalue weighted by atomic mass is 79.9. The second kappa shape index (κ2) is 13.9. The number of ether oxygens (including phenoxy) is 3. The minimum Gasteiger partial charge on any atom is -0.468 e. The van der Waals surface area contributed by atoms with Crippen molar-refractivity contribution in [3.63, 3.8) is 0 Å². The predicted molar refractivity (Wildman–Crippen MR) is 187 cm³/mol. The Hall–Kier alpha value is -3.15. The molecule has 0 fully saturated rings. The summed E-state index contributed by atoms with van der Waals surface area (Å²) < 4.78 is 21.6. The molecule has 0 aliphatic rings. The van der Waals surface area contributed by atoms with E-state index in [0.717, 1.165) is 10.8 Å². The number of esters is 1. The molecule has 46 heavy (non-hydrogen) atoms. The third-order valence-corrected chi connectivity index (χ3v) is 9.46. The van der Waals surface area contributed by atoms with Crippen molar-refractivity contribution in [3.05, 3.63) is 68.9 Å². The van der Waals surface area contributed by atoms with Gasteiger partial charge in [-0.3, -0.25) is 9.69 Å². The average Bonchev–Trinajstić information content (AvgIpc) is 3.41. The largest absolute Gasteiger partial charge is 0.468 e. The monoisotopic (exact) mass is 759 g/mol. The zero-order valence-electron chi connectivity index (χ0n) is 27.9. The fraction of sp³-hybridized carbons (Fsp3) is 0.457. The quantitative estimate of drug-likeness (QED) is 0.131. The smallest absolute Gasteiger partial charge is 0.419 e. The molecule has 0 amide bonds. The molecule has 0 spiro atoms. The Morgan fingerprint density at radius 1 is 0.761 bits per heavy atom. The molecule has 0 saturated carbocycles. The molecular formula is C35H43Br2N3O6. The van der Waals surface area contributed by atoms with Crippen LogP contribution in [0.15, 0.2) is 57.5 Å². The molecule has 2 atom stereocenters. The number of fused-ring (bicyclic) bond motifs is 2. The topological polar surface area (TPSA) is 92.0 Å². The van der Waals surface area contributed by atoms with E-state index < -0.39 is 35.4 Å². The summed E-state index contributed by atoms with van der Waals surface area (Å²) in [6.07, 6.45) is -0.388. The predicted octanol–water partition coefficient (Wildman–Crippen LogP) is 9.28. The lowest BCUT2D eigenvalue weighted by molar-refractivity contribution is -0.149. The molecule has 0 saturated heterocycles. The first-order valence-electron chi connectivity index (χ1n) is 15.3. The molecular weight excluding hydrogens is 718 g/mol. The number of halogens is 2. The van der Waals surface area contributed by atoms with E-state index in [2.05, 4.69) is 31.9 Å². The van der Waals surface area contributed by atoms with Gasteiger partial charge in [0.2, 0.25) is 0 Å². The van der Waals surface area contributed by atoms with Gasteiger partial charge in [-0.1, -0.05) is 56.7 Å². The normalized spacial score (nSPS) is 13.7. The maximum absolute atomic E-state index is 13.8. The van der Waals surface area contributed by atoms with Crippen molar-refractivity contribution in [2.45, 2.75) is 92.1 Å². The number of aromatic nitrogens is 2. The van der Waals surface area contributed by atoms with Crippen molar-refractivity contribution in [1.82, 2.24) is 14.0 Å². The Kier molecular flexibility index (Phi) is 10.8. The fourth-order valence-electron chi connectivity index (χ4n) is 5.54. The number of benzene rings is 2. The van der Waals surface area contributed by atoms with Crippen molar-refractivity contribution in [1.29, 1.82) is 0 Å². The number of carbonyl (C=O) groups excluding carboxylic acids is 3. The summed E-state index contributed by atoms with van der Waals surface area (Å²) in [6.45, 7) is 15.2. The second-order valence-electron chi connectivity index (χ2n) is 13.4. The molecule has 4 rings (SSSR count). The van der Waals surface area contributed by atoms with Crippen molar-refractivity contribution in [2.75, 3.05) is 7.11 Å². The van der Waals surface area contributed by atoms with E-state index in [1.807, 2.05) is 109 Å². The van der Waals surface area contributed by atoms with Crippen LogP contribution >= 0.6 is 31.9 Å². The number of hydrogen-bond donors (Lipinski definition) is 0. The Bertz CT molecular complexity index is 1650. The van der Waals surface area contributed by atoms with Gasteiger partial charge in [0.05, 0.1) is 29.5 Å². The highest BCUT2D eigenvalue weighted by Gasteiger charge is 2.36. The molecule has 2 heterocycles. The molecule has 9 nitrogen and oxygen atoms in total. The van der Waals surface area contributed by atoms with Crippen molar-refractivity contribution in [2.24, 2.45) is 5.92 Å². The Balaban J connectivity index is 1.96. The van der Waals surface area contributed by atoms with E-state index >= 15 is 0 Å². The summed E-state index contributed by atoms with van der Waals surface area (Å²) in [5.74, 6) is -0.551. The third-order valence-electron chi connectivity index (χ3n) is 7.69. The molecule has 2 aromatic heterocycles. The summed E-state index contributed by atoms with van der Waals surface area (Å²) >= 11 is 7.55. The minimum absolute atomic E-state index is 0.135. The number of methoxy groups -OCH3 is 1. The van der Waals surface area contributed by atoms with Crippen molar-refractivity contribution in [3.8, 4) is 0 Å². The summed E-state index contributed by atoms with van der Waals surface area (Å²) in [5.41, 5.74) is 1.06. The Labute approximate surface area is 287 Å². The first-order chi connectivity index (χ1) is 21.5. The van der Waals surface area contributed by atoms with Gasteiger partial charge in [0.15, 0.2) is 0 Å².